The van der Waals surface area contributed by atoms with Crippen molar-refractivity contribution in [2.24, 2.45) is 10.8 Å². The molecule has 1 heterocycles. The van der Waals surface area contributed by atoms with Gasteiger partial charge in [-0.2, -0.15) is 0 Å². The first-order valence-electron chi connectivity index (χ1n) is 11.3. The largest absolute Gasteiger partial charge is 0.493 e. The van der Waals surface area contributed by atoms with Gasteiger partial charge < -0.3 is 14.2 Å². The minimum absolute atomic E-state index is 0.0522. The predicted molar refractivity (Wildman–Crippen MR) is 135 cm³/mol. The summed E-state index contributed by atoms with van der Waals surface area (Å²) >= 11 is 2.22. The Morgan fingerprint density at radius 2 is 1.58 bits per heavy atom. The number of Topliss-reactive ketones (excluding diaryl/α,β-unsaturated/α-hetero) is 2. The highest BCUT2D eigenvalue weighted by Gasteiger charge is 2.48. The average Bonchev–Trinajstić information content (AvgIpc) is 2.68. The highest BCUT2D eigenvalue weighted by molar-refractivity contribution is 14.1. The second kappa shape index (κ2) is 8.60. The zero-order valence-electron chi connectivity index (χ0n) is 20.0. The molecule has 0 radical (unpaired) electrons. The van der Waals surface area contributed by atoms with E-state index in [-0.39, 0.29) is 22.4 Å². The number of carbonyl (C=O) groups is 2. The highest BCUT2D eigenvalue weighted by atomic mass is 127. The minimum atomic E-state index is -0.452. The molecule has 0 amide bonds. The van der Waals surface area contributed by atoms with Crippen LogP contribution in [0.3, 0.4) is 0 Å². The number of carbonyl (C=O) groups excluding carboxylic acids is 2. The third kappa shape index (κ3) is 4.51. The molecule has 0 bridgehead atoms. The average molecular weight is 562 g/mol. The van der Waals surface area contributed by atoms with E-state index in [0.29, 0.717) is 66.5 Å². The lowest BCUT2D eigenvalue weighted by atomic mass is 9.65. The van der Waals surface area contributed by atoms with Gasteiger partial charge in [-0.1, -0.05) is 40.3 Å². The Morgan fingerprint density at radius 1 is 1.03 bits per heavy atom. The van der Waals surface area contributed by atoms with Crippen molar-refractivity contribution in [3.8, 4) is 11.5 Å². The molecule has 0 saturated heterocycles. The molecule has 33 heavy (non-hydrogen) atoms. The van der Waals surface area contributed by atoms with Gasteiger partial charge in [-0.05, 0) is 51.1 Å². The van der Waals surface area contributed by atoms with Crippen LogP contribution in [0.15, 0.2) is 47.5 Å². The van der Waals surface area contributed by atoms with Gasteiger partial charge in [0.15, 0.2) is 23.1 Å². The SMILES string of the molecule is C=CCOc1c(I)cc(C2C3=C(CC(C)(C)CC3=O)OC3=C2C(=O)CC(C)(C)C3)cc1OC. The monoisotopic (exact) mass is 562 g/mol. The molecule has 1 aromatic rings. The van der Waals surface area contributed by atoms with Crippen molar-refractivity contribution >= 4 is 34.2 Å². The number of rotatable bonds is 5. The van der Waals surface area contributed by atoms with Gasteiger partial charge in [-0.15, -0.1) is 0 Å². The molecule has 176 valence electrons. The number of hydrogen-bond acceptors (Lipinski definition) is 5. The zero-order chi connectivity index (χ0) is 24.1. The summed E-state index contributed by atoms with van der Waals surface area (Å²) in [5.41, 5.74) is 1.74. The molecule has 0 N–H and O–H groups in total. The Morgan fingerprint density at radius 3 is 2.06 bits per heavy atom. The Kier molecular flexibility index (Phi) is 6.27. The first-order valence-corrected chi connectivity index (χ1v) is 12.4. The molecular weight excluding hydrogens is 531 g/mol. The van der Waals surface area contributed by atoms with Gasteiger partial charge in [0.05, 0.1) is 10.7 Å². The number of hydrogen-bond donors (Lipinski definition) is 0. The minimum Gasteiger partial charge on any atom is -0.493 e. The fourth-order valence-corrected chi connectivity index (χ4v) is 5.98. The van der Waals surface area contributed by atoms with Gasteiger partial charge >= 0.3 is 0 Å². The smallest absolute Gasteiger partial charge is 0.174 e. The summed E-state index contributed by atoms with van der Waals surface area (Å²) in [6.45, 7) is 12.4. The maximum absolute atomic E-state index is 13.4. The Labute approximate surface area is 209 Å². The number of benzene rings is 1. The van der Waals surface area contributed by atoms with Gasteiger partial charge in [-0.25, -0.2) is 0 Å². The molecule has 0 atom stereocenters. The number of ketones is 2. The van der Waals surface area contributed by atoms with Crippen LogP contribution in [-0.2, 0) is 14.3 Å². The third-order valence-electron chi connectivity index (χ3n) is 6.51. The van der Waals surface area contributed by atoms with Crippen LogP contribution in [0.4, 0.5) is 0 Å². The number of allylic oxidation sites excluding steroid dienone is 4. The molecule has 0 spiro atoms. The van der Waals surface area contributed by atoms with Crippen molar-refractivity contribution in [3.63, 3.8) is 0 Å². The molecule has 1 aromatic carbocycles. The van der Waals surface area contributed by atoms with E-state index >= 15 is 0 Å². The molecule has 5 nitrogen and oxygen atoms in total. The molecule has 0 unspecified atom stereocenters. The lowest BCUT2D eigenvalue weighted by Gasteiger charge is -2.42. The summed E-state index contributed by atoms with van der Waals surface area (Å²) < 4.78 is 18.7. The second-order valence-corrected chi connectivity index (χ2v) is 11.9. The van der Waals surface area contributed by atoms with Crippen LogP contribution in [0.5, 0.6) is 11.5 Å². The van der Waals surface area contributed by atoms with Crippen LogP contribution in [0.1, 0.15) is 64.9 Å². The topological polar surface area (TPSA) is 61.8 Å². The van der Waals surface area contributed by atoms with E-state index in [1.165, 1.54) is 0 Å². The van der Waals surface area contributed by atoms with Gasteiger partial charge in [0.1, 0.15) is 18.1 Å². The van der Waals surface area contributed by atoms with Crippen LogP contribution in [-0.4, -0.2) is 25.3 Å². The second-order valence-electron chi connectivity index (χ2n) is 10.7. The molecular formula is C27H31IO5. The lowest BCUT2D eigenvalue weighted by Crippen LogP contribution is -2.37. The Hall–Kier alpha value is -2.09. The standard InChI is InChI=1S/C27H31IO5/c1-7-8-32-25-16(28)9-15(10-19(25)31-6)22-23-17(29)11-26(2,3)13-20(23)33-21-14-27(4,5)12-18(30)24(21)22/h7,9-10,22H,1,8,11-14H2,2-6H3. The highest BCUT2D eigenvalue weighted by Crippen LogP contribution is 2.54. The third-order valence-corrected chi connectivity index (χ3v) is 7.31. The van der Waals surface area contributed by atoms with Crippen LogP contribution in [0.2, 0.25) is 0 Å². The van der Waals surface area contributed by atoms with E-state index in [1.807, 2.05) is 12.1 Å². The number of methoxy groups -OCH3 is 1. The zero-order valence-corrected chi connectivity index (χ0v) is 22.1. The Balaban J connectivity index is 1.92. The van der Waals surface area contributed by atoms with Crippen LogP contribution in [0.25, 0.3) is 0 Å². The van der Waals surface area contributed by atoms with E-state index in [4.69, 9.17) is 14.2 Å². The van der Waals surface area contributed by atoms with Gasteiger partial charge in [0.2, 0.25) is 0 Å². The molecule has 0 fully saturated rings. The van der Waals surface area contributed by atoms with E-state index in [9.17, 15) is 9.59 Å². The summed E-state index contributed by atoms with van der Waals surface area (Å²) in [5.74, 6) is 2.28. The summed E-state index contributed by atoms with van der Waals surface area (Å²) in [4.78, 5) is 26.9. The quantitative estimate of drug-likeness (QED) is 0.313. The van der Waals surface area contributed by atoms with Crippen LogP contribution in [0, 0.1) is 14.4 Å². The van der Waals surface area contributed by atoms with E-state index < -0.39 is 5.92 Å². The summed E-state index contributed by atoms with van der Waals surface area (Å²) in [7, 11) is 1.60. The molecule has 2 aliphatic carbocycles. The Bertz CT molecular complexity index is 1050. The van der Waals surface area contributed by atoms with Crippen LogP contribution < -0.4 is 9.47 Å². The van der Waals surface area contributed by atoms with Crippen molar-refractivity contribution in [2.45, 2.75) is 59.3 Å². The van der Waals surface area contributed by atoms with Gasteiger partial charge in [0.25, 0.3) is 0 Å². The van der Waals surface area contributed by atoms with Crippen molar-refractivity contribution in [2.75, 3.05) is 13.7 Å². The van der Waals surface area contributed by atoms with Crippen molar-refractivity contribution in [3.05, 3.63) is 56.6 Å². The molecule has 3 aliphatic rings. The molecule has 1 aliphatic heterocycles. The van der Waals surface area contributed by atoms with E-state index in [2.05, 4.69) is 56.9 Å². The molecule has 6 heteroatoms. The lowest BCUT2D eigenvalue weighted by molar-refractivity contribution is -0.120. The first-order chi connectivity index (χ1) is 15.5. The van der Waals surface area contributed by atoms with Gasteiger partial charge in [-0.3, -0.25) is 9.59 Å². The molecule has 4 rings (SSSR count). The van der Waals surface area contributed by atoms with Gasteiger partial charge in [0, 0.05) is 42.7 Å². The summed E-state index contributed by atoms with van der Waals surface area (Å²) in [6, 6.07) is 3.89. The van der Waals surface area contributed by atoms with Crippen molar-refractivity contribution in [1.29, 1.82) is 0 Å². The van der Waals surface area contributed by atoms with Crippen molar-refractivity contribution < 1.29 is 23.8 Å². The molecule has 0 saturated carbocycles. The van der Waals surface area contributed by atoms with E-state index in [1.54, 1.807) is 13.2 Å². The number of halogens is 1. The summed E-state index contributed by atoms with van der Waals surface area (Å²) in [6.07, 6.45) is 3.89. The maximum atomic E-state index is 13.4. The first kappa shape index (κ1) is 24.0. The number of ether oxygens (including phenoxy) is 3. The van der Waals surface area contributed by atoms with E-state index in [0.717, 1.165) is 9.13 Å². The predicted octanol–water partition coefficient (Wildman–Crippen LogP) is 6.26. The fourth-order valence-electron chi connectivity index (χ4n) is 5.20. The molecule has 0 aromatic heterocycles. The van der Waals surface area contributed by atoms with Crippen LogP contribution >= 0.6 is 22.6 Å². The fraction of sp³-hybridized carbons (Fsp3) is 0.481. The van der Waals surface area contributed by atoms with Crippen molar-refractivity contribution in [1.82, 2.24) is 0 Å². The summed E-state index contributed by atoms with van der Waals surface area (Å²) in [5, 5.41) is 0. The maximum Gasteiger partial charge on any atom is 0.174 e. The normalized spacial score (nSPS) is 21.9.